The van der Waals surface area contributed by atoms with Crippen LogP contribution in [0, 0.1) is 5.92 Å². The highest BCUT2D eigenvalue weighted by atomic mass is 28.4. The summed E-state index contributed by atoms with van der Waals surface area (Å²) in [6, 6.07) is 1.16. The minimum atomic E-state index is -2.16. The van der Waals surface area contributed by atoms with Gasteiger partial charge in [-0.1, -0.05) is 59.0 Å². The van der Waals surface area contributed by atoms with Crippen LogP contribution in [0.25, 0.3) is 0 Å². The van der Waals surface area contributed by atoms with Gasteiger partial charge in [0.25, 0.3) is 0 Å². The third kappa shape index (κ3) is 5.78. The van der Waals surface area contributed by atoms with Crippen LogP contribution in [-0.4, -0.2) is 15.2 Å². The van der Waals surface area contributed by atoms with E-state index >= 15 is 0 Å². The lowest BCUT2D eigenvalue weighted by Crippen LogP contribution is -2.47. The van der Waals surface area contributed by atoms with Crippen molar-refractivity contribution in [3.63, 3.8) is 0 Å². The molecule has 0 aliphatic heterocycles. The zero-order valence-corrected chi connectivity index (χ0v) is 15.7. The van der Waals surface area contributed by atoms with E-state index in [-0.39, 0.29) is 0 Å². The average Bonchev–Trinajstić information content (AvgIpc) is 2.97. The number of unbranched alkanes of at least 4 members (excludes halogenated alkanes) is 1. The Hall–Kier alpha value is -0.283. The molecular formula is C18H36O2Si. The van der Waals surface area contributed by atoms with Crippen LogP contribution >= 0.6 is 0 Å². The van der Waals surface area contributed by atoms with Gasteiger partial charge in [-0.2, -0.15) is 0 Å². The highest BCUT2D eigenvalue weighted by Gasteiger charge is 2.49. The minimum Gasteiger partial charge on any atom is -0.524 e. The van der Waals surface area contributed by atoms with E-state index in [1.54, 1.807) is 0 Å². The molecule has 1 saturated carbocycles. The second-order valence-corrected chi connectivity index (χ2v) is 9.99. The van der Waals surface area contributed by atoms with Gasteiger partial charge in [-0.05, 0) is 32.6 Å². The Morgan fingerprint density at radius 1 is 1.24 bits per heavy atom. The lowest BCUT2D eigenvalue weighted by Gasteiger charge is -2.38. The highest BCUT2D eigenvalue weighted by molar-refractivity contribution is 6.69. The van der Waals surface area contributed by atoms with E-state index in [9.17, 15) is 0 Å². The fourth-order valence-electron chi connectivity index (χ4n) is 3.75. The Bertz CT molecular complexity index is 300. The maximum Gasteiger partial charge on any atom is 0.402 e. The SMILES string of the molecule is C=C(C)O[Si](CC(CC)CCCC)(OCC)C1CCCC1. The molecule has 124 valence electrons. The van der Waals surface area contributed by atoms with Gasteiger partial charge in [0.15, 0.2) is 0 Å². The van der Waals surface area contributed by atoms with Gasteiger partial charge in [-0.25, -0.2) is 0 Å². The molecule has 0 aromatic heterocycles. The van der Waals surface area contributed by atoms with Crippen molar-refractivity contribution >= 4 is 8.56 Å². The first kappa shape index (κ1) is 18.8. The van der Waals surface area contributed by atoms with Crippen LogP contribution in [0.4, 0.5) is 0 Å². The van der Waals surface area contributed by atoms with Crippen LogP contribution in [0.5, 0.6) is 0 Å². The van der Waals surface area contributed by atoms with Crippen molar-refractivity contribution in [2.24, 2.45) is 5.92 Å². The molecule has 0 saturated heterocycles. The summed E-state index contributed by atoms with van der Waals surface area (Å²) in [4.78, 5) is 0. The summed E-state index contributed by atoms with van der Waals surface area (Å²) < 4.78 is 12.8. The monoisotopic (exact) mass is 312 g/mol. The number of hydrogen-bond acceptors (Lipinski definition) is 2. The second kappa shape index (κ2) is 9.68. The molecule has 1 rings (SSSR count). The Morgan fingerprint density at radius 2 is 1.90 bits per heavy atom. The molecule has 2 nitrogen and oxygen atoms in total. The summed E-state index contributed by atoms with van der Waals surface area (Å²) in [6.07, 6.45) is 10.5. The lowest BCUT2D eigenvalue weighted by atomic mass is 10.0. The van der Waals surface area contributed by atoms with E-state index in [2.05, 4.69) is 27.4 Å². The molecule has 0 radical (unpaired) electrons. The Morgan fingerprint density at radius 3 is 2.38 bits per heavy atom. The molecule has 0 heterocycles. The van der Waals surface area contributed by atoms with Gasteiger partial charge >= 0.3 is 8.56 Å². The maximum absolute atomic E-state index is 6.40. The predicted octanol–water partition coefficient (Wildman–Crippen LogP) is 6.18. The minimum absolute atomic E-state index is 0.671. The van der Waals surface area contributed by atoms with Crippen molar-refractivity contribution in [2.75, 3.05) is 6.61 Å². The summed E-state index contributed by atoms with van der Waals surface area (Å²) in [5, 5.41) is 0. The Balaban J connectivity index is 2.87. The van der Waals surface area contributed by atoms with Crippen molar-refractivity contribution in [3.8, 4) is 0 Å². The van der Waals surface area contributed by atoms with Crippen LogP contribution in [0.1, 0.15) is 79.1 Å². The van der Waals surface area contributed by atoms with E-state index in [1.165, 1.54) is 51.4 Å². The predicted molar refractivity (Wildman–Crippen MR) is 93.6 cm³/mol. The van der Waals surface area contributed by atoms with E-state index in [1.807, 2.05) is 6.92 Å². The summed E-state index contributed by atoms with van der Waals surface area (Å²) in [7, 11) is -2.16. The third-order valence-electron chi connectivity index (χ3n) is 4.83. The zero-order chi connectivity index (χ0) is 15.7. The first-order chi connectivity index (χ1) is 10.1. The number of rotatable bonds is 11. The van der Waals surface area contributed by atoms with Crippen LogP contribution < -0.4 is 0 Å². The topological polar surface area (TPSA) is 18.5 Å². The molecule has 1 fully saturated rings. The van der Waals surface area contributed by atoms with Crippen molar-refractivity contribution in [1.82, 2.24) is 0 Å². The van der Waals surface area contributed by atoms with Crippen molar-refractivity contribution in [3.05, 3.63) is 12.3 Å². The smallest absolute Gasteiger partial charge is 0.402 e. The van der Waals surface area contributed by atoms with Gasteiger partial charge in [0.2, 0.25) is 0 Å². The molecule has 0 amide bonds. The van der Waals surface area contributed by atoms with E-state index in [4.69, 9.17) is 8.85 Å². The molecule has 0 aromatic carbocycles. The number of allylic oxidation sites excluding steroid dienone is 1. The van der Waals surface area contributed by atoms with Crippen LogP contribution in [-0.2, 0) is 8.85 Å². The maximum atomic E-state index is 6.40. The normalized spacial score (nSPS) is 20.2. The van der Waals surface area contributed by atoms with Crippen molar-refractivity contribution < 1.29 is 8.85 Å². The molecule has 21 heavy (non-hydrogen) atoms. The van der Waals surface area contributed by atoms with E-state index in [0.29, 0.717) is 5.54 Å². The molecule has 0 bridgehead atoms. The van der Waals surface area contributed by atoms with Crippen LogP contribution in [0.15, 0.2) is 12.3 Å². The molecule has 0 aromatic rings. The van der Waals surface area contributed by atoms with Crippen LogP contribution in [0.3, 0.4) is 0 Å². The quantitative estimate of drug-likeness (QED) is 0.335. The standard InChI is InChI=1S/C18H36O2Si/c1-6-9-12-17(7-2)15-21(19-8-3,20-16(4)5)18-13-10-11-14-18/h17-18H,4,6-15H2,1-3,5H3. The van der Waals surface area contributed by atoms with Crippen molar-refractivity contribution in [1.29, 1.82) is 0 Å². The third-order valence-corrected chi connectivity index (χ3v) is 9.27. The van der Waals surface area contributed by atoms with Gasteiger partial charge in [-0.3, -0.25) is 0 Å². The summed E-state index contributed by atoms with van der Waals surface area (Å²) in [5.41, 5.74) is 0.671. The van der Waals surface area contributed by atoms with Crippen LogP contribution in [0.2, 0.25) is 11.6 Å². The fourth-order valence-corrected chi connectivity index (χ4v) is 8.41. The van der Waals surface area contributed by atoms with E-state index < -0.39 is 8.56 Å². The molecule has 0 N–H and O–H groups in total. The first-order valence-corrected chi connectivity index (χ1v) is 11.2. The van der Waals surface area contributed by atoms with Gasteiger partial charge in [0.05, 0.1) is 5.76 Å². The van der Waals surface area contributed by atoms with Gasteiger partial charge in [0.1, 0.15) is 0 Å². The largest absolute Gasteiger partial charge is 0.524 e. The molecule has 2 atom stereocenters. The lowest BCUT2D eigenvalue weighted by molar-refractivity contribution is 0.195. The summed E-state index contributed by atoms with van der Waals surface area (Å²) in [5.74, 6) is 1.61. The fraction of sp³-hybridized carbons (Fsp3) is 0.889. The molecule has 2 unspecified atom stereocenters. The van der Waals surface area contributed by atoms with Gasteiger partial charge < -0.3 is 8.85 Å². The zero-order valence-electron chi connectivity index (χ0n) is 14.7. The summed E-state index contributed by atoms with van der Waals surface area (Å²) >= 11 is 0. The van der Waals surface area contributed by atoms with E-state index in [0.717, 1.165) is 24.3 Å². The first-order valence-electron chi connectivity index (χ1n) is 9.06. The average molecular weight is 313 g/mol. The second-order valence-electron chi connectivity index (χ2n) is 6.65. The number of hydrogen-bond donors (Lipinski definition) is 0. The van der Waals surface area contributed by atoms with Gasteiger partial charge in [-0.15, -0.1) is 0 Å². The Labute approximate surface area is 133 Å². The molecule has 3 heteroatoms. The Kier molecular flexibility index (Phi) is 8.65. The molecule has 1 aliphatic carbocycles. The van der Waals surface area contributed by atoms with Crippen molar-refractivity contribution in [2.45, 2.75) is 90.6 Å². The van der Waals surface area contributed by atoms with Gasteiger partial charge in [0, 0.05) is 18.2 Å². The molecular weight excluding hydrogens is 276 g/mol. The highest BCUT2D eigenvalue weighted by Crippen LogP contribution is 2.45. The summed E-state index contributed by atoms with van der Waals surface area (Å²) in [6.45, 7) is 13.5. The molecule has 0 spiro atoms. The molecule has 1 aliphatic rings.